The fourth-order valence-corrected chi connectivity index (χ4v) is 2.44. The highest BCUT2D eigenvalue weighted by Gasteiger charge is 2.39. The van der Waals surface area contributed by atoms with E-state index in [1.807, 2.05) is 0 Å². The van der Waals surface area contributed by atoms with Crippen LogP contribution >= 0.6 is 0 Å². The molecule has 0 aliphatic heterocycles. The minimum Gasteiger partial charge on any atom is -0.318 e. The van der Waals surface area contributed by atoms with E-state index in [-0.39, 0.29) is 12.0 Å². The summed E-state index contributed by atoms with van der Waals surface area (Å²) in [6.45, 7) is 1.68. The highest BCUT2D eigenvalue weighted by atomic mass is 19.4. The van der Waals surface area contributed by atoms with Gasteiger partial charge in [-0.2, -0.15) is 13.2 Å². The van der Waals surface area contributed by atoms with Gasteiger partial charge in [0.25, 0.3) is 0 Å². The lowest BCUT2D eigenvalue weighted by Gasteiger charge is -2.32. The topological polar surface area (TPSA) is 26.0 Å². The van der Waals surface area contributed by atoms with E-state index in [1.165, 1.54) is 36.4 Å². The minimum atomic E-state index is -4.51. The van der Waals surface area contributed by atoms with Crippen LogP contribution in [0.2, 0.25) is 0 Å². The summed E-state index contributed by atoms with van der Waals surface area (Å²) in [5.74, 6) is -0.528. The molecule has 0 heterocycles. The molecular weight excluding hydrogens is 282 g/mol. The van der Waals surface area contributed by atoms with Crippen molar-refractivity contribution in [3.63, 3.8) is 0 Å². The average molecular weight is 297 g/mol. The van der Waals surface area contributed by atoms with Crippen LogP contribution in [-0.4, -0.2) is 0 Å². The van der Waals surface area contributed by atoms with Gasteiger partial charge in [0, 0.05) is 0 Å². The summed E-state index contributed by atoms with van der Waals surface area (Å²) in [4.78, 5) is 0. The summed E-state index contributed by atoms with van der Waals surface area (Å²) in [6.07, 6.45) is -4.30. The third-order valence-electron chi connectivity index (χ3n) is 3.61. The molecule has 1 nitrogen and oxygen atoms in total. The van der Waals surface area contributed by atoms with Gasteiger partial charge in [0.1, 0.15) is 5.82 Å². The number of alkyl halides is 3. The number of rotatable bonds is 3. The molecule has 1 unspecified atom stereocenters. The predicted octanol–water partition coefficient (Wildman–Crippen LogP) is 4.46. The van der Waals surface area contributed by atoms with Crippen LogP contribution in [0.15, 0.2) is 48.5 Å². The highest BCUT2D eigenvalue weighted by Crippen LogP contribution is 2.39. The van der Waals surface area contributed by atoms with Gasteiger partial charge in [0.15, 0.2) is 0 Å². The van der Waals surface area contributed by atoms with Gasteiger partial charge in [-0.15, -0.1) is 0 Å². The summed E-state index contributed by atoms with van der Waals surface area (Å²) in [6, 6.07) is 10.5. The Morgan fingerprint density at radius 3 is 2.10 bits per heavy atom. The molecule has 0 aromatic heterocycles. The van der Waals surface area contributed by atoms with E-state index in [9.17, 15) is 17.6 Å². The summed E-state index contributed by atoms with van der Waals surface area (Å²) < 4.78 is 52.9. The summed E-state index contributed by atoms with van der Waals surface area (Å²) in [5, 5.41) is 0. The molecule has 0 bridgehead atoms. The Morgan fingerprint density at radius 1 is 0.952 bits per heavy atom. The zero-order valence-electron chi connectivity index (χ0n) is 11.4. The average Bonchev–Trinajstić information content (AvgIpc) is 2.45. The van der Waals surface area contributed by atoms with Gasteiger partial charge in [-0.3, -0.25) is 0 Å². The van der Waals surface area contributed by atoms with Crippen LogP contribution in [0.1, 0.15) is 30.0 Å². The molecule has 5 heteroatoms. The number of nitrogens with two attached hydrogens (primary N) is 1. The molecule has 0 aliphatic carbocycles. The predicted molar refractivity (Wildman–Crippen MR) is 73.1 cm³/mol. The van der Waals surface area contributed by atoms with Gasteiger partial charge >= 0.3 is 6.18 Å². The second kappa shape index (κ2) is 5.48. The SMILES string of the molecule is CCC(N)(c1cccc(F)c1)c1ccccc1C(F)(F)F. The van der Waals surface area contributed by atoms with Crippen molar-refractivity contribution in [2.45, 2.75) is 25.1 Å². The Bertz CT molecular complexity index is 636. The van der Waals surface area contributed by atoms with Crippen molar-refractivity contribution in [3.05, 3.63) is 71.0 Å². The molecule has 0 spiro atoms. The van der Waals surface area contributed by atoms with Crippen LogP contribution in [0.25, 0.3) is 0 Å². The Labute approximate surface area is 120 Å². The monoisotopic (exact) mass is 297 g/mol. The van der Waals surface area contributed by atoms with E-state index in [0.717, 1.165) is 6.07 Å². The van der Waals surface area contributed by atoms with Crippen molar-refractivity contribution in [2.24, 2.45) is 5.73 Å². The van der Waals surface area contributed by atoms with E-state index >= 15 is 0 Å². The van der Waals surface area contributed by atoms with Gasteiger partial charge in [0.05, 0.1) is 11.1 Å². The lowest BCUT2D eigenvalue weighted by atomic mass is 9.79. The number of hydrogen-bond donors (Lipinski definition) is 1. The molecule has 0 amide bonds. The highest BCUT2D eigenvalue weighted by molar-refractivity contribution is 5.43. The first kappa shape index (κ1) is 15.5. The van der Waals surface area contributed by atoms with Crippen molar-refractivity contribution in [3.8, 4) is 0 Å². The molecule has 2 aromatic carbocycles. The van der Waals surface area contributed by atoms with Crippen LogP contribution in [-0.2, 0) is 11.7 Å². The zero-order chi connectivity index (χ0) is 15.7. The first-order valence-corrected chi connectivity index (χ1v) is 6.50. The van der Waals surface area contributed by atoms with E-state index < -0.39 is 23.1 Å². The van der Waals surface area contributed by atoms with Crippen LogP contribution in [0.3, 0.4) is 0 Å². The molecule has 2 aromatic rings. The molecular formula is C16H15F4N. The molecule has 0 fully saturated rings. The van der Waals surface area contributed by atoms with Crippen molar-refractivity contribution < 1.29 is 17.6 Å². The molecule has 21 heavy (non-hydrogen) atoms. The molecule has 0 saturated heterocycles. The van der Waals surface area contributed by atoms with Crippen molar-refractivity contribution in [1.29, 1.82) is 0 Å². The molecule has 2 N–H and O–H groups in total. The largest absolute Gasteiger partial charge is 0.416 e. The molecule has 112 valence electrons. The Balaban J connectivity index is 2.67. The van der Waals surface area contributed by atoms with E-state index in [1.54, 1.807) is 13.0 Å². The Kier molecular flexibility index (Phi) is 4.05. The number of halogens is 4. The van der Waals surface area contributed by atoms with Crippen LogP contribution in [0.4, 0.5) is 17.6 Å². The third kappa shape index (κ3) is 2.93. The third-order valence-corrected chi connectivity index (χ3v) is 3.61. The fraction of sp³-hybridized carbons (Fsp3) is 0.250. The normalized spacial score (nSPS) is 14.8. The fourth-order valence-electron chi connectivity index (χ4n) is 2.44. The maximum absolute atomic E-state index is 13.4. The molecule has 0 radical (unpaired) electrons. The quantitative estimate of drug-likeness (QED) is 0.832. The van der Waals surface area contributed by atoms with Gasteiger partial charge in [-0.1, -0.05) is 37.3 Å². The second-order valence-electron chi connectivity index (χ2n) is 4.88. The first-order valence-electron chi connectivity index (χ1n) is 6.50. The number of hydrogen-bond acceptors (Lipinski definition) is 1. The lowest BCUT2D eigenvalue weighted by molar-refractivity contribution is -0.138. The summed E-state index contributed by atoms with van der Waals surface area (Å²) >= 11 is 0. The van der Waals surface area contributed by atoms with Gasteiger partial charge in [-0.25, -0.2) is 4.39 Å². The van der Waals surface area contributed by atoms with E-state index in [2.05, 4.69) is 0 Å². The maximum Gasteiger partial charge on any atom is 0.416 e. The molecule has 1 atom stereocenters. The van der Waals surface area contributed by atoms with Crippen LogP contribution in [0.5, 0.6) is 0 Å². The lowest BCUT2D eigenvalue weighted by Crippen LogP contribution is -2.39. The Morgan fingerprint density at radius 2 is 1.57 bits per heavy atom. The zero-order valence-corrected chi connectivity index (χ0v) is 11.4. The van der Waals surface area contributed by atoms with Gasteiger partial charge in [-0.05, 0) is 35.7 Å². The van der Waals surface area contributed by atoms with Crippen LogP contribution < -0.4 is 5.73 Å². The minimum absolute atomic E-state index is 0.0504. The van der Waals surface area contributed by atoms with Crippen molar-refractivity contribution in [2.75, 3.05) is 0 Å². The molecule has 0 saturated carbocycles. The summed E-state index contributed by atoms with van der Waals surface area (Å²) in [5.41, 5.74) is 4.32. The van der Waals surface area contributed by atoms with Crippen LogP contribution in [0, 0.1) is 5.82 Å². The van der Waals surface area contributed by atoms with Gasteiger partial charge in [0.2, 0.25) is 0 Å². The Hall–Kier alpha value is -1.88. The van der Waals surface area contributed by atoms with Gasteiger partial charge < -0.3 is 5.73 Å². The maximum atomic E-state index is 13.4. The van der Waals surface area contributed by atoms with E-state index in [4.69, 9.17) is 5.73 Å². The number of benzene rings is 2. The van der Waals surface area contributed by atoms with Crippen molar-refractivity contribution in [1.82, 2.24) is 0 Å². The smallest absolute Gasteiger partial charge is 0.318 e. The molecule has 0 aliphatic rings. The first-order chi connectivity index (χ1) is 9.79. The summed E-state index contributed by atoms with van der Waals surface area (Å²) in [7, 11) is 0. The molecule has 2 rings (SSSR count). The second-order valence-corrected chi connectivity index (χ2v) is 4.88. The standard InChI is InChI=1S/C16H15F4N/c1-2-15(21,11-6-5-7-12(17)10-11)13-8-3-4-9-14(13)16(18,19)20/h3-10H,2,21H2,1H3. The van der Waals surface area contributed by atoms with Crippen molar-refractivity contribution >= 4 is 0 Å². The van der Waals surface area contributed by atoms with E-state index in [0.29, 0.717) is 5.56 Å².